The highest BCUT2D eigenvalue weighted by Crippen LogP contribution is 2.22. The molecule has 0 aliphatic rings. The number of rotatable bonds is 4. The van der Waals surface area contributed by atoms with Crippen LogP contribution in [0.15, 0.2) is 66.8 Å². The van der Waals surface area contributed by atoms with Crippen molar-refractivity contribution in [2.24, 2.45) is 0 Å². The number of benzene rings is 2. The van der Waals surface area contributed by atoms with Crippen molar-refractivity contribution >= 4 is 11.9 Å². The summed E-state index contributed by atoms with van der Waals surface area (Å²) in [5, 5.41) is 18.9. The molecule has 2 N–H and O–H groups in total. The number of ketones is 1. The second-order valence-corrected chi connectivity index (χ2v) is 4.19. The Morgan fingerprint density at radius 3 is 2.45 bits per heavy atom. The lowest BCUT2D eigenvalue weighted by molar-refractivity contribution is 0.104. The average Bonchev–Trinajstić information content (AvgIpc) is 2.47. The van der Waals surface area contributed by atoms with Gasteiger partial charge in [0.2, 0.25) is 0 Å². The third kappa shape index (κ3) is 3.59. The van der Waals surface area contributed by atoms with Crippen LogP contribution in [0.3, 0.4) is 0 Å². The van der Waals surface area contributed by atoms with Crippen LogP contribution in [-0.4, -0.2) is 16.0 Å². The molecule has 100 valence electrons. The molecule has 2 aromatic carbocycles. The molecule has 0 atom stereocenters. The quantitative estimate of drug-likeness (QED) is 0.385. The van der Waals surface area contributed by atoms with Gasteiger partial charge in [-0.3, -0.25) is 4.79 Å². The van der Waals surface area contributed by atoms with Gasteiger partial charge in [0.15, 0.2) is 5.78 Å². The molecule has 0 aliphatic carbocycles. The SMILES string of the molecule is O=C(C=CC=Cc1ccccc1)c1cc(O)ccc1O. The molecule has 0 aliphatic heterocycles. The summed E-state index contributed by atoms with van der Waals surface area (Å²) in [7, 11) is 0. The van der Waals surface area contributed by atoms with Crippen LogP contribution >= 0.6 is 0 Å². The van der Waals surface area contributed by atoms with Crippen LogP contribution in [0.25, 0.3) is 6.08 Å². The van der Waals surface area contributed by atoms with Crippen molar-refractivity contribution < 1.29 is 15.0 Å². The van der Waals surface area contributed by atoms with Crippen LogP contribution in [0.1, 0.15) is 15.9 Å². The highest BCUT2D eigenvalue weighted by molar-refractivity contribution is 6.06. The number of phenols is 2. The van der Waals surface area contributed by atoms with E-state index in [1.165, 1.54) is 24.3 Å². The Morgan fingerprint density at radius 1 is 0.950 bits per heavy atom. The molecule has 3 heteroatoms. The second-order valence-electron chi connectivity index (χ2n) is 4.19. The first-order valence-electron chi connectivity index (χ1n) is 6.13. The van der Waals surface area contributed by atoms with Crippen molar-refractivity contribution in [1.82, 2.24) is 0 Å². The molecule has 3 nitrogen and oxygen atoms in total. The zero-order chi connectivity index (χ0) is 14.4. The van der Waals surface area contributed by atoms with Gasteiger partial charge in [-0.1, -0.05) is 48.6 Å². The first-order valence-corrected chi connectivity index (χ1v) is 6.13. The topological polar surface area (TPSA) is 57.5 Å². The number of carbonyl (C=O) groups excluding carboxylic acids is 1. The average molecular weight is 266 g/mol. The molecule has 0 amide bonds. The molecule has 0 unspecified atom stereocenters. The van der Waals surface area contributed by atoms with E-state index in [-0.39, 0.29) is 22.8 Å². The molecule has 2 aromatic rings. The lowest BCUT2D eigenvalue weighted by atomic mass is 10.1. The fraction of sp³-hybridized carbons (Fsp3) is 0. The molecule has 0 radical (unpaired) electrons. The van der Waals surface area contributed by atoms with Crippen molar-refractivity contribution in [2.75, 3.05) is 0 Å². The van der Waals surface area contributed by atoms with E-state index in [4.69, 9.17) is 0 Å². The van der Waals surface area contributed by atoms with E-state index in [2.05, 4.69) is 0 Å². The zero-order valence-corrected chi connectivity index (χ0v) is 10.7. The van der Waals surface area contributed by atoms with Crippen LogP contribution < -0.4 is 0 Å². The minimum atomic E-state index is -0.365. The Balaban J connectivity index is 2.06. The summed E-state index contributed by atoms with van der Waals surface area (Å²) in [6.07, 6.45) is 6.55. The van der Waals surface area contributed by atoms with E-state index in [1.807, 2.05) is 36.4 Å². The molecule has 0 aromatic heterocycles. The molecule has 0 saturated heterocycles. The van der Waals surface area contributed by atoms with Crippen molar-refractivity contribution in [2.45, 2.75) is 0 Å². The number of aromatic hydroxyl groups is 2. The van der Waals surface area contributed by atoms with Gasteiger partial charge in [-0.2, -0.15) is 0 Å². The van der Waals surface area contributed by atoms with Gasteiger partial charge in [-0.25, -0.2) is 0 Å². The third-order valence-corrected chi connectivity index (χ3v) is 2.69. The van der Waals surface area contributed by atoms with E-state index < -0.39 is 0 Å². The van der Waals surface area contributed by atoms with Crippen LogP contribution in [0, 0.1) is 0 Å². The van der Waals surface area contributed by atoms with Crippen LogP contribution in [-0.2, 0) is 0 Å². The fourth-order valence-electron chi connectivity index (χ4n) is 1.68. The second kappa shape index (κ2) is 6.38. The molecular formula is C17H14O3. The Morgan fingerprint density at radius 2 is 1.70 bits per heavy atom. The predicted molar refractivity (Wildman–Crippen MR) is 78.7 cm³/mol. The number of hydrogen-bond donors (Lipinski definition) is 2. The van der Waals surface area contributed by atoms with Crippen LogP contribution in [0.4, 0.5) is 0 Å². The van der Waals surface area contributed by atoms with Gasteiger partial charge in [0.25, 0.3) is 0 Å². The summed E-state index contributed by atoms with van der Waals surface area (Å²) in [6.45, 7) is 0. The van der Waals surface area contributed by atoms with Gasteiger partial charge >= 0.3 is 0 Å². The predicted octanol–water partition coefficient (Wildman–Crippen LogP) is 3.55. The third-order valence-electron chi connectivity index (χ3n) is 2.69. The smallest absolute Gasteiger partial charge is 0.189 e. The van der Waals surface area contributed by atoms with Crippen LogP contribution in [0.2, 0.25) is 0 Å². The molecule has 0 bridgehead atoms. The molecule has 0 heterocycles. The maximum absolute atomic E-state index is 11.8. The molecule has 20 heavy (non-hydrogen) atoms. The van der Waals surface area contributed by atoms with Crippen molar-refractivity contribution in [1.29, 1.82) is 0 Å². The fourth-order valence-corrected chi connectivity index (χ4v) is 1.68. The number of allylic oxidation sites excluding steroid dienone is 3. The van der Waals surface area contributed by atoms with E-state index in [0.717, 1.165) is 5.56 Å². The van der Waals surface area contributed by atoms with Crippen LogP contribution in [0.5, 0.6) is 11.5 Å². The van der Waals surface area contributed by atoms with Crippen molar-refractivity contribution in [3.8, 4) is 11.5 Å². The van der Waals surface area contributed by atoms with Gasteiger partial charge in [0, 0.05) is 0 Å². The number of phenolic OH excluding ortho intramolecular Hbond substituents is 2. The van der Waals surface area contributed by atoms with E-state index in [9.17, 15) is 15.0 Å². The lowest BCUT2D eigenvalue weighted by Crippen LogP contribution is -1.94. The van der Waals surface area contributed by atoms with E-state index in [0.29, 0.717) is 0 Å². The Labute approximate surface area is 117 Å². The Hall–Kier alpha value is -2.81. The van der Waals surface area contributed by atoms with E-state index >= 15 is 0 Å². The van der Waals surface area contributed by atoms with Gasteiger partial charge in [-0.15, -0.1) is 0 Å². The standard InChI is InChI=1S/C17H14O3/c18-14-10-11-17(20)15(12-14)16(19)9-5-4-8-13-6-2-1-3-7-13/h1-12,18,20H. The Kier molecular flexibility index (Phi) is 4.35. The largest absolute Gasteiger partial charge is 0.508 e. The summed E-state index contributed by atoms with van der Waals surface area (Å²) in [5.41, 5.74) is 1.11. The summed E-state index contributed by atoms with van der Waals surface area (Å²) in [4.78, 5) is 11.8. The van der Waals surface area contributed by atoms with Gasteiger partial charge in [0.1, 0.15) is 11.5 Å². The highest BCUT2D eigenvalue weighted by atomic mass is 16.3. The number of hydrogen-bond acceptors (Lipinski definition) is 3. The zero-order valence-electron chi connectivity index (χ0n) is 10.7. The lowest BCUT2D eigenvalue weighted by Gasteiger charge is -2.00. The molecule has 0 fully saturated rings. The summed E-state index contributed by atoms with van der Waals surface area (Å²) >= 11 is 0. The first kappa shape index (κ1) is 13.6. The van der Waals surface area contributed by atoms with E-state index in [1.54, 1.807) is 12.2 Å². The number of carbonyl (C=O) groups is 1. The van der Waals surface area contributed by atoms with Crippen molar-refractivity contribution in [3.63, 3.8) is 0 Å². The Bertz CT molecular complexity index is 655. The normalized spacial score (nSPS) is 11.2. The van der Waals surface area contributed by atoms with Gasteiger partial charge < -0.3 is 10.2 Å². The summed E-state index contributed by atoms with van der Waals surface area (Å²) in [6, 6.07) is 13.5. The molecule has 0 saturated carbocycles. The molecular weight excluding hydrogens is 252 g/mol. The van der Waals surface area contributed by atoms with Crippen molar-refractivity contribution in [3.05, 3.63) is 77.9 Å². The maximum Gasteiger partial charge on any atom is 0.189 e. The first-order chi connectivity index (χ1) is 9.66. The molecule has 2 rings (SSSR count). The summed E-state index contributed by atoms with van der Waals surface area (Å²) < 4.78 is 0. The molecule has 0 spiro atoms. The van der Waals surface area contributed by atoms with Gasteiger partial charge in [0.05, 0.1) is 5.56 Å². The maximum atomic E-state index is 11.8. The monoisotopic (exact) mass is 266 g/mol. The minimum absolute atomic E-state index is 0.0561. The van der Waals surface area contributed by atoms with Gasteiger partial charge in [-0.05, 0) is 29.8 Å². The highest BCUT2D eigenvalue weighted by Gasteiger charge is 2.08. The minimum Gasteiger partial charge on any atom is -0.508 e. The summed E-state index contributed by atoms with van der Waals surface area (Å²) in [5.74, 6) is -0.569.